The summed E-state index contributed by atoms with van der Waals surface area (Å²) in [6, 6.07) is 0. The second-order valence-corrected chi connectivity index (χ2v) is 5.19. The first-order chi connectivity index (χ1) is 11.3. The maximum absolute atomic E-state index is 5.89. The van der Waals surface area contributed by atoms with Crippen molar-refractivity contribution in [1.29, 1.82) is 0 Å². The van der Waals surface area contributed by atoms with Gasteiger partial charge in [-0.25, -0.2) is 4.98 Å². The largest absolute Gasteiger partial charge is 0.378 e. The minimum Gasteiger partial charge on any atom is -0.378 e. The lowest BCUT2D eigenvalue weighted by atomic mass is 10.3. The van der Waals surface area contributed by atoms with Gasteiger partial charge in [0.2, 0.25) is 5.95 Å². The van der Waals surface area contributed by atoms with E-state index in [2.05, 4.69) is 40.5 Å². The molecule has 3 N–H and O–H groups in total. The molecule has 1 aliphatic rings. The normalized spacial score (nSPS) is 15.4. The Kier molecular flexibility index (Phi) is 3.46. The van der Waals surface area contributed by atoms with E-state index < -0.39 is 0 Å². The third-order valence-electron chi connectivity index (χ3n) is 3.74. The van der Waals surface area contributed by atoms with Crippen LogP contribution < -0.4 is 10.6 Å². The van der Waals surface area contributed by atoms with Crippen molar-refractivity contribution >= 4 is 22.9 Å². The van der Waals surface area contributed by atoms with Gasteiger partial charge in [0.1, 0.15) is 0 Å². The van der Waals surface area contributed by atoms with Crippen molar-refractivity contribution in [1.82, 2.24) is 40.1 Å². The molecule has 0 unspecified atom stereocenters. The van der Waals surface area contributed by atoms with Crippen LogP contribution in [0.15, 0.2) is 6.33 Å². The number of hydrogen-bond acceptors (Lipinski definition) is 9. The quantitative estimate of drug-likeness (QED) is 0.621. The fourth-order valence-corrected chi connectivity index (χ4v) is 2.61. The number of morpholine rings is 1. The summed E-state index contributed by atoms with van der Waals surface area (Å²) in [5, 5.41) is 13.9. The number of nitrogens with two attached hydrogens (primary N) is 1. The molecule has 1 fully saturated rings. The summed E-state index contributed by atoms with van der Waals surface area (Å²) in [5.74, 6) is 1.64. The number of hydrogen-bond donors (Lipinski definition) is 2. The number of aromatic amines is 1. The van der Waals surface area contributed by atoms with Crippen molar-refractivity contribution in [3.63, 3.8) is 0 Å². The molecule has 0 bridgehead atoms. The first-order valence-corrected chi connectivity index (χ1v) is 7.34. The Labute approximate surface area is 130 Å². The fourth-order valence-electron chi connectivity index (χ4n) is 2.61. The molecule has 120 valence electrons. The van der Waals surface area contributed by atoms with Crippen LogP contribution in [0.4, 0.5) is 11.8 Å². The van der Waals surface area contributed by atoms with Gasteiger partial charge in [0.15, 0.2) is 22.8 Å². The van der Waals surface area contributed by atoms with E-state index in [0.29, 0.717) is 37.7 Å². The summed E-state index contributed by atoms with van der Waals surface area (Å²) in [6.45, 7) is 3.51. The van der Waals surface area contributed by atoms with Gasteiger partial charge in [-0.2, -0.15) is 15.2 Å². The predicted octanol–water partition coefficient (Wildman–Crippen LogP) is -0.999. The number of aryl methyl sites for hydroxylation is 2. The van der Waals surface area contributed by atoms with Crippen LogP contribution in [0.25, 0.3) is 11.2 Å². The molecule has 0 saturated carbocycles. The summed E-state index contributed by atoms with van der Waals surface area (Å²) in [5.41, 5.74) is 7.34. The van der Waals surface area contributed by atoms with Gasteiger partial charge < -0.3 is 19.9 Å². The minimum absolute atomic E-state index is 0.236. The maximum atomic E-state index is 5.89. The van der Waals surface area contributed by atoms with E-state index in [9.17, 15) is 0 Å². The number of nitrogens with zero attached hydrogens (tertiary/aromatic N) is 8. The van der Waals surface area contributed by atoms with Crippen molar-refractivity contribution in [2.45, 2.75) is 13.0 Å². The smallest absolute Gasteiger partial charge is 0.224 e. The van der Waals surface area contributed by atoms with E-state index in [4.69, 9.17) is 10.5 Å². The van der Waals surface area contributed by atoms with Crippen LogP contribution in [0, 0.1) is 0 Å². The van der Waals surface area contributed by atoms with Crippen LogP contribution in [-0.2, 0) is 17.7 Å². The number of tetrazole rings is 1. The Balaban J connectivity index is 1.66. The molecule has 1 saturated heterocycles. The van der Waals surface area contributed by atoms with Crippen LogP contribution in [0.5, 0.6) is 0 Å². The molecule has 0 atom stereocenters. The van der Waals surface area contributed by atoms with Crippen molar-refractivity contribution in [2.75, 3.05) is 36.9 Å². The van der Waals surface area contributed by atoms with Crippen molar-refractivity contribution in [3.8, 4) is 0 Å². The summed E-state index contributed by atoms with van der Waals surface area (Å²) in [6.07, 6.45) is 2.36. The number of H-pyrrole nitrogens is 1. The minimum atomic E-state index is 0.236. The molecule has 11 heteroatoms. The van der Waals surface area contributed by atoms with Gasteiger partial charge in [0, 0.05) is 26.1 Å². The van der Waals surface area contributed by atoms with Crippen molar-refractivity contribution < 1.29 is 4.74 Å². The average molecular weight is 316 g/mol. The molecular formula is C12H16N10O. The summed E-state index contributed by atoms with van der Waals surface area (Å²) in [4.78, 5) is 15.3. The van der Waals surface area contributed by atoms with E-state index >= 15 is 0 Å². The number of anilines is 2. The molecule has 4 rings (SSSR count). The molecule has 0 radical (unpaired) electrons. The van der Waals surface area contributed by atoms with E-state index in [1.807, 2.05) is 4.57 Å². The lowest BCUT2D eigenvalue weighted by Crippen LogP contribution is -2.37. The highest BCUT2D eigenvalue weighted by Gasteiger charge is 2.19. The molecule has 1 aliphatic heterocycles. The second-order valence-electron chi connectivity index (χ2n) is 5.19. The standard InChI is InChI=1S/C12H16N10O/c13-12-15-10(21-3-5-23-6-4-21)9-11(16-12)22(7-14-9)2-1-8-17-19-20-18-8/h7H,1-6H2,(H2,13,15,16)(H,17,18,19,20). The fraction of sp³-hybridized carbons (Fsp3) is 0.500. The second kappa shape index (κ2) is 5.76. The zero-order valence-electron chi connectivity index (χ0n) is 12.4. The van der Waals surface area contributed by atoms with Gasteiger partial charge in [-0.05, 0) is 0 Å². The first-order valence-electron chi connectivity index (χ1n) is 7.34. The van der Waals surface area contributed by atoms with Crippen LogP contribution >= 0.6 is 0 Å². The van der Waals surface area contributed by atoms with Gasteiger partial charge >= 0.3 is 0 Å². The average Bonchev–Trinajstić information content (AvgIpc) is 3.22. The molecule has 3 aromatic heterocycles. The third kappa shape index (κ3) is 2.65. The van der Waals surface area contributed by atoms with Crippen LogP contribution in [0.2, 0.25) is 0 Å². The van der Waals surface area contributed by atoms with Gasteiger partial charge in [0.05, 0.1) is 19.5 Å². The van der Waals surface area contributed by atoms with Gasteiger partial charge in [-0.15, -0.1) is 10.2 Å². The van der Waals surface area contributed by atoms with Gasteiger partial charge in [0.25, 0.3) is 0 Å². The highest BCUT2D eigenvalue weighted by molar-refractivity contribution is 5.84. The molecule has 0 aromatic carbocycles. The number of rotatable bonds is 4. The molecule has 0 spiro atoms. The van der Waals surface area contributed by atoms with Crippen LogP contribution in [0.1, 0.15) is 5.82 Å². The van der Waals surface area contributed by atoms with Gasteiger partial charge in [-0.1, -0.05) is 5.21 Å². The molecule has 11 nitrogen and oxygen atoms in total. The number of imidazole rings is 1. The molecule has 0 amide bonds. The summed E-state index contributed by atoms with van der Waals surface area (Å²) < 4.78 is 7.31. The predicted molar refractivity (Wildman–Crippen MR) is 80.6 cm³/mol. The lowest BCUT2D eigenvalue weighted by Gasteiger charge is -2.27. The number of nitrogen functional groups attached to an aromatic ring is 1. The molecule has 3 aromatic rings. The Morgan fingerprint density at radius 1 is 1.26 bits per heavy atom. The first kappa shape index (κ1) is 13.8. The van der Waals surface area contributed by atoms with Crippen molar-refractivity contribution in [2.24, 2.45) is 0 Å². The van der Waals surface area contributed by atoms with Gasteiger partial charge in [-0.3, -0.25) is 0 Å². The van der Waals surface area contributed by atoms with E-state index in [1.165, 1.54) is 0 Å². The van der Waals surface area contributed by atoms with Crippen LogP contribution in [0.3, 0.4) is 0 Å². The number of aromatic nitrogens is 8. The third-order valence-corrected chi connectivity index (χ3v) is 3.74. The molecule has 4 heterocycles. The highest BCUT2D eigenvalue weighted by atomic mass is 16.5. The van der Waals surface area contributed by atoms with Crippen molar-refractivity contribution in [3.05, 3.63) is 12.2 Å². The highest BCUT2D eigenvalue weighted by Crippen LogP contribution is 2.24. The molecular weight excluding hydrogens is 300 g/mol. The topological polar surface area (TPSA) is 137 Å². The summed E-state index contributed by atoms with van der Waals surface area (Å²) in [7, 11) is 0. The maximum Gasteiger partial charge on any atom is 0.224 e. The summed E-state index contributed by atoms with van der Waals surface area (Å²) >= 11 is 0. The molecule has 0 aliphatic carbocycles. The Morgan fingerprint density at radius 3 is 2.91 bits per heavy atom. The number of fused-ring (bicyclic) bond motifs is 1. The Morgan fingerprint density at radius 2 is 2.13 bits per heavy atom. The molecule has 23 heavy (non-hydrogen) atoms. The van der Waals surface area contributed by atoms with E-state index in [1.54, 1.807) is 6.33 Å². The monoisotopic (exact) mass is 316 g/mol. The zero-order chi connectivity index (χ0) is 15.6. The Bertz CT molecular complexity index is 792. The number of ether oxygens (including phenoxy) is 1. The van der Waals surface area contributed by atoms with E-state index in [0.717, 1.165) is 24.4 Å². The SMILES string of the molecule is Nc1nc(N2CCOCC2)c2ncn(CCc3nn[nH]n3)c2n1. The zero-order valence-corrected chi connectivity index (χ0v) is 12.4. The van der Waals surface area contributed by atoms with Crippen LogP contribution in [-0.4, -0.2) is 66.4 Å². The Hall–Kier alpha value is -2.82. The number of nitrogens with one attached hydrogen (secondary N) is 1. The van der Waals surface area contributed by atoms with E-state index in [-0.39, 0.29) is 5.95 Å². The lowest BCUT2D eigenvalue weighted by molar-refractivity contribution is 0.122.